The SMILES string of the molecule is Cc1cccc(C(CC(=O)NC2CCC(N)CC2)c2cn(CC34CC5CC(CC(C5)C3)C4)c3ccccc23)c1.Cl. The Balaban J connectivity index is 0.00000289. The number of aromatic nitrogens is 1. The number of para-hydroxylation sites is 1. The number of halogens is 1. The monoisotopic (exact) mass is 559 g/mol. The fraction of sp³-hybridized carbons (Fsp3) is 0.571. The summed E-state index contributed by atoms with van der Waals surface area (Å²) < 4.78 is 2.58. The minimum atomic E-state index is 0. The first-order chi connectivity index (χ1) is 18.9. The molecule has 5 heteroatoms. The highest BCUT2D eigenvalue weighted by Crippen LogP contribution is 2.60. The Bertz CT molecular complexity index is 1320. The van der Waals surface area contributed by atoms with Gasteiger partial charge < -0.3 is 15.6 Å². The summed E-state index contributed by atoms with van der Waals surface area (Å²) in [6.45, 7) is 3.29. The van der Waals surface area contributed by atoms with Crippen LogP contribution in [-0.2, 0) is 11.3 Å². The molecule has 4 nitrogen and oxygen atoms in total. The quantitative estimate of drug-likeness (QED) is 0.315. The predicted octanol–water partition coefficient (Wildman–Crippen LogP) is 7.50. The van der Waals surface area contributed by atoms with Crippen molar-refractivity contribution in [2.45, 2.75) is 102 Å². The number of hydrogen-bond acceptors (Lipinski definition) is 2. The molecule has 0 spiro atoms. The third kappa shape index (κ3) is 5.46. The van der Waals surface area contributed by atoms with Crippen molar-refractivity contribution in [3.05, 3.63) is 71.4 Å². The molecule has 3 aromatic rings. The second-order valence-electron chi connectivity index (χ2n) is 14.0. The van der Waals surface area contributed by atoms with E-state index in [2.05, 4.69) is 71.5 Å². The van der Waals surface area contributed by atoms with Gasteiger partial charge in [-0.2, -0.15) is 0 Å². The first kappa shape index (κ1) is 27.8. The van der Waals surface area contributed by atoms with Crippen molar-refractivity contribution >= 4 is 29.2 Å². The Morgan fingerprint density at radius 1 is 0.975 bits per heavy atom. The molecule has 3 N–H and O–H groups in total. The van der Waals surface area contributed by atoms with Gasteiger partial charge in [0.1, 0.15) is 0 Å². The second-order valence-corrected chi connectivity index (χ2v) is 14.0. The lowest BCUT2D eigenvalue weighted by Crippen LogP contribution is -2.47. The van der Waals surface area contributed by atoms with Crippen LogP contribution in [0.2, 0.25) is 0 Å². The van der Waals surface area contributed by atoms with Gasteiger partial charge in [-0.1, -0.05) is 48.0 Å². The van der Waals surface area contributed by atoms with Crippen LogP contribution >= 0.6 is 12.4 Å². The van der Waals surface area contributed by atoms with E-state index in [1.807, 2.05) is 0 Å². The van der Waals surface area contributed by atoms with Crippen molar-refractivity contribution in [2.75, 3.05) is 0 Å². The minimum absolute atomic E-state index is 0. The number of nitrogens with two attached hydrogens (primary N) is 1. The van der Waals surface area contributed by atoms with Crippen LogP contribution in [0.15, 0.2) is 54.7 Å². The second kappa shape index (κ2) is 11.2. The van der Waals surface area contributed by atoms with Crippen LogP contribution in [-0.4, -0.2) is 22.6 Å². The van der Waals surface area contributed by atoms with Crippen LogP contribution in [0.25, 0.3) is 10.9 Å². The highest BCUT2D eigenvalue weighted by molar-refractivity contribution is 5.87. The Morgan fingerprint density at radius 2 is 1.65 bits per heavy atom. The molecule has 0 aliphatic heterocycles. The molecule has 0 radical (unpaired) electrons. The third-order valence-electron chi connectivity index (χ3n) is 10.8. The van der Waals surface area contributed by atoms with Gasteiger partial charge in [-0.3, -0.25) is 4.79 Å². The lowest BCUT2D eigenvalue weighted by atomic mass is 9.49. The standard InChI is InChI=1S/C35H45N3O.ClH/c1-23-5-4-6-27(13-23)31(17-34(39)37-29-11-9-28(36)10-12-29)32-21-38(33-8-3-2-7-30(32)33)22-35-18-24-14-25(19-35)16-26(15-24)20-35;/h2-8,13,21,24-26,28-29,31H,9-12,14-20,22,36H2,1H3,(H,37,39);1H. The molecule has 5 saturated carbocycles. The van der Waals surface area contributed by atoms with Gasteiger partial charge in [0.25, 0.3) is 0 Å². The van der Waals surface area contributed by atoms with Crippen molar-refractivity contribution in [3.63, 3.8) is 0 Å². The van der Waals surface area contributed by atoms with Gasteiger partial charge in [-0.05, 0) is 111 Å². The Morgan fingerprint density at radius 3 is 2.33 bits per heavy atom. The molecule has 1 amide bonds. The van der Waals surface area contributed by atoms with Gasteiger partial charge in [0.15, 0.2) is 0 Å². The van der Waals surface area contributed by atoms with Gasteiger partial charge in [0.05, 0.1) is 0 Å². The molecule has 2 aromatic carbocycles. The van der Waals surface area contributed by atoms with E-state index in [1.165, 1.54) is 66.1 Å². The molecule has 8 rings (SSSR count). The summed E-state index contributed by atoms with van der Waals surface area (Å²) in [6.07, 6.45) is 15.6. The molecule has 214 valence electrons. The fourth-order valence-electron chi connectivity index (χ4n) is 9.56. The molecule has 0 saturated heterocycles. The summed E-state index contributed by atoms with van der Waals surface area (Å²) in [5.41, 5.74) is 11.7. The van der Waals surface area contributed by atoms with E-state index in [1.54, 1.807) is 0 Å². The largest absolute Gasteiger partial charge is 0.353 e. The number of hydrogen-bond donors (Lipinski definition) is 2. The maximum atomic E-state index is 13.5. The number of amides is 1. The Labute approximate surface area is 245 Å². The third-order valence-corrected chi connectivity index (χ3v) is 10.8. The van der Waals surface area contributed by atoms with Crippen molar-refractivity contribution in [1.82, 2.24) is 9.88 Å². The van der Waals surface area contributed by atoms with Crippen LogP contribution < -0.4 is 11.1 Å². The lowest BCUT2D eigenvalue weighted by Gasteiger charge is -2.57. The molecule has 5 aliphatic carbocycles. The summed E-state index contributed by atoms with van der Waals surface area (Å²) in [5, 5.41) is 4.69. The van der Waals surface area contributed by atoms with E-state index >= 15 is 0 Å². The molecule has 5 fully saturated rings. The van der Waals surface area contributed by atoms with Crippen LogP contribution in [0, 0.1) is 30.1 Å². The van der Waals surface area contributed by atoms with Gasteiger partial charge in [0.2, 0.25) is 5.91 Å². The van der Waals surface area contributed by atoms with Crippen molar-refractivity contribution < 1.29 is 4.79 Å². The average Bonchev–Trinajstić information content (AvgIpc) is 3.25. The lowest BCUT2D eigenvalue weighted by molar-refractivity contribution is -0.122. The maximum Gasteiger partial charge on any atom is 0.221 e. The minimum Gasteiger partial charge on any atom is -0.353 e. The van der Waals surface area contributed by atoms with Crippen LogP contribution in [0.1, 0.15) is 93.2 Å². The van der Waals surface area contributed by atoms with Gasteiger partial charge >= 0.3 is 0 Å². The first-order valence-corrected chi connectivity index (χ1v) is 15.6. The molecule has 5 aliphatic rings. The molecule has 4 bridgehead atoms. The van der Waals surface area contributed by atoms with Gasteiger partial charge in [-0.15, -0.1) is 12.4 Å². The summed E-state index contributed by atoms with van der Waals surface area (Å²) in [7, 11) is 0. The van der Waals surface area contributed by atoms with E-state index in [-0.39, 0.29) is 30.3 Å². The molecule has 1 atom stereocenters. The number of nitrogens with zero attached hydrogens (tertiary/aromatic N) is 1. The molecular formula is C35H46ClN3O. The zero-order valence-corrected chi connectivity index (χ0v) is 24.8. The van der Waals surface area contributed by atoms with Gasteiger partial charge in [-0.25, -0.2) is 0 Å². The molecular weight excluding hydrogens is 514 g/mol. The fourth-order valence-corrected chi connectivity index (χ4v) is 9.56. The molecule has 40 heavy (non-hydrogen) atoms. The number of carbonyl (C=O) groups is 1. The van der Waals surface area contributed by atoms with Crippen LogP contribution in [0.3, 0.4) is 0 Å². The number of fused-ring (bicyclic) bond motifs is 1. The van der Waals surface area contributed by atoms with E-state index in [4.69, 9.17) is 5.73 Å². The van der Waals surface area contributed by atoms with E-state index in [0.29, 0.717) is 17.9 Å². The van der Waals surface area contributed by atoms with E-state index < -0.39 is 0 Å². The maximum absolute atomic E-state index is 13.5. The van der Waals surface area contributed by atoms with Crippen LogP contribution in [0.4, 0.5) is 0 Å². The average molecular weight is 560 g/mol. The Hall–Kier alpha value is -2.30. The normalized spacial score (nSPS) is 31.6. The van der Waals surface area contributed by atoms with Gasteiger partial charge in [0, 0.05) is 48.1 Å². The van der Waals surface area contributed by atoms with Crippen molar-refractivity contribution in [3.8, 4) is 0 Å². The number of nitrogens with one attached hydrogen (secondary N) is 1. The van der Waals surface area contributed by atoms with Crippen LogP contribution in [0.5, 0.6) is 0 Å². The predicted molar refractivity (Wildman–Crippen MR) is 166 cm³/mol. The number of benzene rings is 2. The highest BCUT2D eigenvalue weighted by Gasteiger charge is 2.51. The smallest absolute Gasteiger partial charge is 0.221 e. The van der Waals surface area contributed by atoms with E-state index in [0.717, 1.165) is 50.0 Å². The Kier molecular flexibility index (Phi) is 7.78. The number of rotatable bonds is 7. The summed E-state index contributed by atoms with van der Waals surface area (Å²) in [5.74, 6) is 3.07. The summed E-state index contributed by atoms with van der Waals surface area (Å²) in [6, 6.07) is 18.3. The summed E-state index contributed by atoms with van der Waals surface area (Å²) in [4.78, 5) is 13.5. The number of aryl methyl sites for hydroxylation is 1. The molecule has 1 aromatic heterocycles. The summed E-state index contributed by atoms with van der Waals surface area (Å²) >= 11 is 0. The molecule has 1 heterocycles. The zero-order valence-electron chi connectivity index (χ0n) is 24.0. The topological polar surface area (TPSA) is 60.1 Å². The number of carbonyl (C=O) groups excluding carboxylic acids is 1. The van der Waals surface area contributed by atoms with E-state index in [9.17, 15) is 4.79 Å². The van der Waals surface area contributed by atoms with Crippen molar-refractivity contribution in [1.29, 1.82) is 0 Å². The van der Waals surface area contributed by atoms with Crippen molar-refractivity contribution in [2.24, 2.45) is 28.9 Å². The first-order valence-electron chi connectivity index (χ1n) is 15.6. The zero-order chi connectivity index (χ0) is 26.6. The highest BCUT2D eigenvalue weighted by atomic mass is 35.5. The molecule has 1 unspecified atom stereocenters.